The minimum absolute atomic E-state index is 0.0837. The molecule has 1 aromatic heterocycles. The molecule has 0 saturated heterocycles. The van der Waals surface area contributed by atoms with Crippen LogP contribution in [0.2, 0.25) is 0 Å². The van der Waals surface area contributed by atoms with Crippen molar-refractivity contribution >= 4 is 5.91 Å². The summed E-state index contributed by atoms with van der Waals surface area (Å²) in [6.07, 6.45) is -0.694. The average molecular weight is 269 g/mol. The van der Waals surface area contributed by atoms with E-state index in [2.05, 4.69) is 10.2 Å². The number of aliphatic hydroxyl groups excluding tert-OH is 1. The predicted octanol–water partition coefficient (Wildman–Crippen LogP) is 0.786. The summed E-state index contributed by atoms with van der Waals surface area (Å²) in [5, 5.41) is 16.5. The van der Waals surface area contributed by atoms with Gasteiger partial charge in [0.1, 0.15) is 5.69 Å². The number of aliphatic hydroxyl groups is 1. The van der Waals surface area contributed by atoms with Gasteiger partial charge in [-0.1, -0.05) is 20.8 Å². The van der Waals surface area contributed by atoms with E-state index in [1.807, 2.05) is 20.8 Å². The summed E-state index contributed by atoms with van der Waals surface area (Å²) in [6.45, 7) is 6.54. The first-order valence-corrected chi connectivity index (χ1v) is 6.24. The monoisotopic (exact) mass is 269 g/mol. The molecule has 1 atom stereocenters. The molecule has 0 fully saturated rings. The Hall–Kier alpha value is -1.40. The van der Waals surface area contributed by atoms with Gasteiger partial charge in [0, 0.05) is 31.8 Å². The number of methoxy groups -OCH3 is 1. The van der Waals surface area contributed by atoms with E-state index in [4.69, 9.17) is 4.74 Å². The zero-order valence-corrected chi connectivity index (χ0v) is 12.2. The lowest BCUT2D eigenvalue weighted by Gasteiger charge is -2.19. The maximum atomic E-state index is 12.1. The van der Waals surface area contributed by atoms with Crippen molar-refractivity contribution in [2.75, 3.05) is 27.3 Å². The van der Waals surface area contributed by atoms with Crippen LogP contribution in [-0.4, -0.2) is 59.5 Å². The fraction of sp³-hybridized carbons (Fsp3) is 0.692. The number of likely N-dealkylation sites (N-methyl/N-ethyl adjacent to an activating group) is 1. The summed E-state index contributed by atoms with van der Waals surface area (Å²) in [6, 6.07) is 1.75. The van der Waals surface area contributed by atoms with Crippen LogP contribution in [0.15, 0.2) is 6.07 Å². The maximum absolute atomic E-state index is 12.1. The van der Waals surface area contributed by atoms with Crippen LogP contribution in [-0.2, 0) is 10.2 Å². The van der Waals surface area contributed by atoms with E-state index in [0.717, 1.165) is 5.69 Å². The molecule has 0 aromatic carbocycles. The first-order chi connectivity index (χ1) is 8.75. The van der Waals surface area contributed by atoms with Crippen LogP contribution in [0.4, 0.5) is 0 Å². The standard InChI is InChI=1S/C13H23N3O3/c1-13(2,3)11-6-10(14-15-11)12(18)16(4)7-9(17)8-19-5/h6,9,17H,7-8H2,1-5H3,(H,14,15). The number of carbonyl (C=O) groups excluding carboxylic acids is 1. The first-order valence-electron chi connectivity index (χ1n) is 6.24. The van der Waals surface area contributed by atoms with Crippen LogP contribution in [0.5, 0.6) is 0 Å². The Kier molecular flexibility index (Phi) is 5.08. The quantitative estimate of drug-likeness (QED) is 0.828. The summed E-state index contributed by atoms with van der Waals surface area (Å²) in [4.78, 5) is 13.6. The van der Waals surface area contributed by atoms with E-state index in [9.17, 15) is 9.90 Å². The molecule has 0 saturated carbocycles. The van der Waals surface area contributed by atoms with Crippen molar-refractivity contribution in [1.29, 1.82) is 0 Å². The molecule has 6 heteroatoms. The Morgan fingerprint density at radius 2 is 2.21 bits per heavy atom. The van der Waals surface area contributed by atoms with Crippen molar-refractivity contribution in [3.63, 3.8) is 0 Å². The van der Waals surface area contributed by atoms with Gasteiger partial charge in [0.2, 0.25) is 0 Å². The molecule has 0 aliphatic rings. The van der Waals surface area contributed by atoms with Crippen molar-refractivity contribution in [3.05, 3.63) is 17.5 Å². The minimum atomic E-state index is -0.694. The van der Waals surface area contributed by atoms with Gasteiger partial charge in [0.05, 0.1) is 12.7 Å². The van der Waals surface area contributed by atoms with Gasteiger partial charge in [-0.05, 0) is 6.07 Å². The van der Waals surface area contributed by atoms with Crippen LogP contribution < -0.4 is 0 Å². The average Bonchev–Trinajstić information content (AvgIpc) is 2.76. The number of nitrogens with zero attached hydrogens (tertiary/aromatic N) is 2. The number of H-pyrrole nitrogens is 1. The molecular formula is C13H23N3O3. The summed E-state index contributed by atoms with van der Waals surface area (Å²) in [5.41, 5.74) is 1.18. The van der Waals surface area contributed by atoms with Gasteiger partial charge in [0.15, 0.2) is 0 Å². The predicted molar refractivity (Wildman–Crippen MR) is 72.1 cm³/mol. The summed E-state index contributed by atoms with van der Waals surface area (Å²) in [7, 11) is 3.14. The number of ether oxygens (including phenoxy) is 1. The molecule has 0 radical (unpaired) electrons. The molecule has 1 amide bonds. The van der Waals surface area contributed by atoms with Crippen LogP contribution in [0, 0.1) is 0 Å². The lowest BCUT2D eigenvalue weighted by Crippen LogP contribution is -2.36. The molecule has 1 heterocycles. The topological polar surface area (TPSA) is 78.5 Å². The Labute approximate surface area is 113 Å². The summed E-state index contributed by atoms with van der Waals surface area (Å²) < 4.78 is 4.83. The summed E-state index contributed by atoms with van der Waals surface area (Å²) >= 11 is 0. The molecule has 0 spiro atoms. The van der Waals surface area contributed by atoms with E-state index < -0.39 is 6.10 Å². The van der Waals surface area contributed by atoms with E-state index in [1.54, 1.807) is 13.1 Å². The number of rotatable bonds is 5. The third-order valence-corrected chi connectivity index (χ3v) is 2.80. The maximum Gasteiger partial charge on any atom is 0.274 e. The van der Waals surface area contributed by atoms with E-state index in [0.29, 0.717) is 5.69 Å². The van der Waals surface area contributed by atoms with Crippen molar-refractivity contribution in [3.8, 4) is 0 Å². The molecule has 1 aromatic rings. The second kappa shape index (κ2) is 6.16. The van der Waals surface area contributed by atoms with Gasteiger partial charge in [-0.3, -0.25) is 9.89 Å². The highest BCUT2D eigenvalue weighted by Crippen LogP contribution is 2.20. The zero-order chi connectivity index (χ0) is 14.6. The summed E-state index contributed by atoms with van der Waals surface area (Å²) in [5.74, 6) is -0.220. The van der Waals surface area contributed by atoms with Gasteiger partial charge in [-0.15, -0.1) is 0 Å². The van der Waals surface area contributed by atoms with Gasteiger partial charge in [0.25, 0.3) is 5.91 Å². The number of hydrogen-bond donors (Lipinski definition) is 2. The SMILES string of the molecule is COCC(O)CN(C)C(=O)c1cc(C(C)(C)C)[nH]n1. The van der Waals surface area contributed by atoms with E-state index in [-0.39, 0.29) is 24.5 Å². The Bertz CT molecular complexity index is 423. The molecule has 1 unspecified atom stereocenters. The Balaban J connectivity index is 2.69. The van der Waals surface area contributed by atoms with Crippen LogP contribution >= 0.6 is 0 Å². The van der Waals surface area contributed by atoms with Crippen molar-refractivity contribution in [2.24, 2.45) is 0 Å². The Morgan fingerprint density at radius 3 is 2.68 bits per heavy atom. The number of nitrogens with one attached hydrogen (secondary N) is 1. The normalized spacial score (nSPS) is 13.4. The third kappa shape index (κ3) is 4.33. The molecule has 0 aliphatic heterocycles. The first kappa shape index (κ1) is 15.7. The lowest BCUT2D eigenvalue weighted by atomic mass is 9.92. The molecular weight excluding hydrogens is 246 g/mol. The molecule has 108 valence electrons. The fourth-order valence-corrected chi connectivity index (χ4v) is 1.66. The third-order valence-electron chi connectivity index (χ3n) is 2.80. The fourth-order valence-electron chi connectivity index (χ4n) is 1.66. The number of carbonyl (C=O) groups is 1. The highest BCUT2D eigenvalue weighted by Gasteiger charge is 2.22. The molecule has 19 heavy (non-hydrogen) atoms. The molecule has 0 aliphatic carbocycles. The van der Waals surface area contributed by atoms with E-state index in [1.165, 1.54) is 12.0 Å². The molecule has 1 rings (SSSR count). The van der Waals surface area contributed by atoms with Crippen LogP contribution in [0.1, 0.15) is 37.0 Å². The molecule has 0 bridgehead atoms. The van der Waals surface area contributed by atoms with Gasteiger partial charge < -0.3 is 14.7 Å². The van der Waals surface area contributed by atoms with Crippen molar-refractivity contribution < 1.29 is 14.6 Å². The van der Waals surface area contributed by atoms with Gasteiger partial charge in [-0.25, -0.2) is 0 Å². The lowest BCUT2D eigenvalue weighted by molar-refractivity contribution is 0.0378. The Morgan fingerprint density at radius 1 is 1.58 bits per heavy atom. The highest BCUT2D eigenvalue weighted by atomic mass is 16.5. The highest BCUT2D eigenvalue weighted by molar-refractivity contribution is 5.92. The van der Waals surface area contributed by atoms with E-state index >= 15 is 0 Å². The van der Waals surface area contributed by atoms with Crippen molar-refractivity contribution in [2.45, 2.75) is 32.3 Å². The largest absolute Gasteiger partial charge is 0.389 e. The second-order valence-corrected chi connectivity index (χ2v) is 5.71. The number of amides is 1. The second-order valence-electron chi connectivity index (χ2n) is 5.71. The number of aromatic nitrogens is 2. The van der Waals surface area contributed by atoms with Crippen LogP contribution in [0.3, 0.4) is 0 Å². The smallest absolute Gasteiger partial charge is 0.274 e. The zero-order valence-electron chi connectivity index (χ0n) is 12.2. The number of aromatic amines is 1. The van der Waals surface area contributed by atoms with Gasteiger partial charge in [-0.2, -0.15) is 5.10 Å². The van der Waals surface area contributed by atoms with Crippen molar-refractivity contribution in [1.82, 2.24) is 15.1 Å². The minimum Gasteiger partial charge on any atom is -0.389 e. The van der Waals surface area contributed by atoms with Crippen LogP contribution in [0.25, 0.3) is 0 Å². The molecule has 6 nitrogen and oxygen atoms in total. The number of hydrogen-bond acceptors (Lipinski definition) is 4. The van der Waals surface area contributed by atoms with Gasteiger partial charge >= 0.3 is 0 Å². The molecule has 2 N–H and O–H groups in total.